The first-order valence-corrected chi connectivity index (χ1v) is 6.85. The second kappa shape index (κ2) is 5.61. The fraction of sp³-hybridized carbons (Fsp3) is 0.538. The van der Waals surface area contributed by atoms with Crippen LogP contribution in [0.4, 0.5) is 13.2 Å². The number of hydrogen-bond acceptors (Lipinski definition) is 1. The number of benzene rings is 1. The molecule has 5 heteroatoms. The second-order valence-electron chi connectivity index (χ2n) is 4.65. The summed E-state index contributed by atoms with van der Waals surface area (Å²) in [6.07, 6.45) is -0.679. The van der Waals surface area contributed by atoms with E-state index in [2.05, 4.69) is 21.2 Å². The third-order valence-electron chi connectivity index (χ3n) is 3.26. The smallest absolute Gasteiger partial charge is 0.314 e. The molecule has 0 bridgehead atoms. The quantitative estimate of drug-likeness (QED) is 0.862. The van der Waals surface area contributed by atoms with Gasteiger partial charge in [0.2, 0.25) is 0 Å². The lowest BCUT2D eigenvalue weighted by atomic mass is 9.95. The average Bonchev–Trinajstić information content (AvgIpc) is 2.31. The van der Waals surface area contributed by atoms with Gasteiger partial charge in [0.1, 0.15) is 0 Å². The standard InChI is InChI=1S/C13H15BrF3N/c14-10-5-4-9(12(8-10)13(15,16)17)7-11-3-1-2-6-18-11/h4-5,8,11,18H,1-3,6-7H2. The van der Waals surface area contributed by atoms with Gasteiger partial charge in [-0.05, 0) is 43.5 Å². The van der Waals surface area contributed by atoms with Gasteiger partial charge < -0.3 is 5.32 Å². The molecule has 2 rings (SSSR count). The van der Waals surface area contributed by atoms with Crippen LogP contribution in [0.5, 0.6) is 0 Å². The predicted molar refractivity (Wildman–Crippen MR) is 68.5 cm³/mol. The molecule has 1 aromatic rings. The van der Waals surface area contributed by atoms with Gasteiger partial charge in [-0.15, -0.1) is 0 Å². The zero-order valence-electron chi connectivity index (χ0n) is 9.86. The number of piperidine rings is 1. The lowest BCUT2D eigenvalue weighted by molar-refractivity contribution is -0.138. The first-order valence-electron chi connectivity index (χ1n) is 6.06. The van der Waals surface area contributed by atoms with Crippen molar-refractivity contribution in [2.75, 3.05) is 6.54 Å². The van der Waals surface area contributed by atoms with Gasteiger partial charge in [-0.3, -0.25) is 0 Å². The van der Waals surface area contributed by atoms with Crippen LogP contribution < -0.4 is 5.32 Å². The van der Waals surface area contributed by atoms with Gasteiger partial charge >= 0.3 is 6.18 Å². The molecule has 1 aliphatic rings. The van der Waals surface area contributed by atoms with Crippen molar-refractivity contribution in [3.63, 3.8) is 0 Å². The fourth-order valence-electron chi connectivity index (χ4n) is 2.35. The van der Waals surface area contributed by atoms with Crippen LogP contribution in [0.25, 0.3) is 0 Å². The molecule has 1 nitrogen and oxygen atoms in total. The van der Waals surface area contributed by atoms with Gasteiger partial charge in [-0.25, -0.2) is 0 Å². The van der Waals surface area contributed by atoms with Crippen molar-refractivity contribution in [1.82, 2.24) is 5.32 Å². The molecular formula is C13H15BrF3N. The fourth-order valence-corrected chi connectivity index (χ4v) is 2.72. The average molecular weight is 322 g/mol. The molecule has 1 aromatic carbocycles. The third kappa shape index (κ3) is 3.48. The highest BCUT2D eigenvalue weighted by molar-refractivity contribution is 9.10. The summed E-state index contributed by atoms with van der Waals surface area (Å²) >= 11 is 3.10. The molecule has 1 fully saturated rings. The molecule has 0 amide bonds. The Morgan fingerprint density at radius 1 is 1.28 bits per heavy atom. The van der Waals surface area contributed by atoms with Crippen LogP contribution in [0.1, 0.15) is 30.4 Å². The van der Waals surface area contributed by atoms with Crippen LogP contribution >= 0.6 is 15.9 Å². The van der Waals surface area contributed by atoms with Crippen molar-refractivity contribution >= 4 is 15.9 Å². The molecule has 0 aromatic heterocycles. The van der Waals surface area contributed by atoms with Gasteiger partial charge in [0.15, 0.2) is 0 Å². The molecule has 1 heterocycles. The highest BCUT2D eigenvalue weighted by Gasteiger charge is 2.34. The van der Waals surface area contributed by atoms with E-state index in [0.717, 1.165) is 31.9 Å². The van der Waals surface area contributed by atoms with E-state index in [0.29, 0.717) is 16.5 Å². The van der Waals surface area contributed by atoms with Crippen LogP contribution in [-0.2, 0) is 12.6 Å². The molecule has 0 aliphatic carbocycles. The Kier molecular flexibility index (Phi) is 4.33. The largest absolute Gasteiger partial charge is 0.416 e. The number of nitrogens with one attached hydrogen (secondary N) is 1. The van der Waals surface area contributed by atoms with E-state index in [1.165, 1.54) is 0 Å². The number of halogens is 4. The lowest BCUT2D eigenvalue weighted by Gasteiger charge is -2.25. The molecule has 0 saturated carbocycles. The maximum absolute atomic E-state index is 12.9. The molecule has 1 aliphatic heterocycles. The topological polar surface area (TPSA) is 12.0 Å². The second-order valence-corrected chi connectivity index (χ2v) is 5.57. The monoisotopic (exact) mass is 321 g/mol. The summed E-state index contributed by atoms with van der Waals surface area (Å²) in [6.45, 7) is 0.905. The van der Waals surface area contributed by atoms with Crippen molar-refractivity contribution < 1.29 is 13.2 Å². The Labute approximate surface area is 113 Å². The molecule has 0 spiro atoms. The lowest BCUT2D eigenvalue weighted by Crippen LogP contribution is -2.36. The van der Waals surface area contributed by atoms with E-state index in [1.54, 1.807) is 12.1 Å². The van der Waals surface area contributed by atoms with Crippen molar-refractivity contribution in [2.45, 2.75) is 37.9 Å². The van der Waals surface area contributed by atoms with Crippen LogP contribution in [0.15, 0.2) is 22.7 Å². The predicted octanol–water partition coefficient (Wildman–Crippen LogP) is 4.15. The van der Waals surface area contributed by atoms with Crippen LogP contribution in [0.2, 0.25) is 0 Å². The summed E-state index contributed by atoms with van der Waals surface area (Å²) in [6, 6.07) is 4.58. The van der Waals surface area contributed by atoms with Crippen molar-refractivity contribution in [2.24, 2.45) is 0 Å². The zero-order valence-corrected chi connectivity index (χ0v) is 11.4. The van der Waals surface area contributed by atoms with Gasteiger partial charge in [-0.1, -0.05) is 28.4 Å². The van der Waals surface area contributed by atoms with Crippen LogP contribution in [0, 0.1) is 0 Å². The number of rotatable bonds is 2. The summed E-state index contributed by atoms with van der Waals surface area (Å²) in [5.74, 6) is 0. The van der Waals surface area contributed by atoms with E-state index in [-0.39, 0.29) is 6.04 Å². The molecule has 1 unspecified atom stereocenters. The maximum Gasteiger partial charge on any atom is 0.416 e. The first-order chi connectivity index (χ1) is 8.47. The van der Waals surface area contributed by atoms with Crippen LogP contribution in [0.3, 0.4) is 0 Å². The van der Waals surface area contributed by atoms with Crippen LogP contribution in [-0.4, -0.2) is 12.6 Å². The summed E-state index contributed by atoms with van der Waals surface area (Å²) < 4.78 is 39.3. The summed E-state index contributed by atoms with van der Waals surface area (Å²) in [5.41, 5.74) is -0.144. The minimum Gasteiger partial charge on any atom is -0.314 e. The number of alkyl halides is 3. The van der Waals surface area contributed by atoms with E-state index < -0.39 is 11.7 Å². The van der Waals surface area contributed by atoms with Gasteiger partial charge in [0.25, 0.3) is 0 Å². The van der Waals surface area contributed by atoms with E-state index >= 15 is 0 Å². The highest BCUT2D eigenvalue weighted by atomic mass is 79.9. The van der Waals surface area contributed by atoms with Crippen molar-refractivity contribution in [3.05, 3.63) is 33.8 Å². The van der Waals surface area contributed by atoms with Gasteiger partial charge in [0, 0.05) is 10.5 Å². The molecular weight excluding hydrogens is 307 g/mol. The highest BCUT2D eigenvalue weighted by Crippen LogP contribution is 2.34. The van der Waals surface area contributed by atoms with E-state index in [4.69, 9.17) is 0 Å². The van der Waals surface area contributed by atoms with E-state index in [9.17, 15) is 13.2 Å². The van der Waals surface area contributed by atoms with Crippen molar-refractivity contribution in [1.29, 1.82) is 0 Å². The van der Waals surface area contributed by atoms with E-state index in [1.807, 2.05) is 0 Å². The number of hydrogen-bond donors (Lipinski definition) is 1. The summed E-state index contributed by atoms with van der Waals surface area (Å²) in [5, 5.41) is 3.28. The van der Waals surface area contributed by atoms with Crippen molar-refractivity contribution in [3.8, 4) is 0 Å². The maximum atomic E-state index is 12.9. The molecule has 100 valence electrons. The Morgan fingerprint density at radius 2 is 2.06 bits per heavy atom. The molecule has 1 N–H and O–H groups in total. The molecule has 0 radical (unpaired) electrons. The minimum atomic E-state index is -4.28. The van der Waals surface area contributed by atoms with Gasteiger partial charge in [0.05, 0.1) is 5.56 Å². The summed E-state index contributed by atoms with van der Waals surface area (Å²) in [7, 11) is 0. The Morgan fingerprint density at radius 3 is 2.67 bits per heavy atom. The molecule has 18 heavy (non-hydrogen) atoms. The van der Waals surface area contributed by atoms with Gasteiger partial charge in [-0.2, -0.15) is 13.2 Å². The normalized spacial score (nSPS) is 21.0. The Hall–Kier alpha value is -0.550. The SMILES string of the molecule is FC(F)(F)c1cc(Br)ccc1CC1CCCCN1. The third-order valence-corrected chi connectivity index (χ3v) is 3.75. The first kappa shape index (κ1) is 13.9. The Balaban J connectivity index is 2.21. The summed E-state index contributed by atoms with van der Waals surface area (Å²) in [4.78, 5) is 0. The minimum absolute atomic E-state index is 0.168. The zero-order chi connectivity index (χ0) is 13.2. The Bertz CT molecular complexity index is 411. The molecule has 1 atom stereocenters. The molecule has 1 saturated heterocycles.